The van der Waals surface area contributed by atoms with Crippen LogP contribution in [0.3, 0.4) is 0 Å². The maximum Gasteiger partial charge on any atom is 0.235 e. The Kier molecular flexibility index (Phi) is 5.54. The Bertz CT molecular complexity index is 1040. The number of likely N-dealkylation sites (tertiary alicyclic amines) is 1. The van der Waals surface area contributed by atoms with Crippen molar-refractivity contribution in [3.8, 4) is 5.75 Å². The first-order chi connectivity index (χ1) is 15.4. The summed E-state index contributed by atoms with van der Waals surface area (Å²) >= 11 is 6.20. The van der Waals surface area contributed by atoms with Crippen molar-refractivity contribution in [1.29, 1.82) is 0 Å². The van der Waals surface area contributed by atoms with Gasteiger partial charge in [0.2, 0.25) is 5.91 Å². The van der Waals surface area contributed by atoms with Gasteiger partial charge in [0.1, 0.15) is 18.1 Å². The maximum absolute atomic E-state index is 12.8. The number of nitrogens with one attached hydrogen (secondary N) is 1. The minimum atomic E-state index is -0.456. The van der Waals surface area contributed by atoms with E-state index in [0.29, 0.717) is 11.6 Å². The van der Waals surface area contributed by atoms with Crippen LogP contribution < -0.4 is 15.5 Å². The Labute approximate surface area is 194 Å². The Hall–Kier alpha value is -2.31. The van der Waals surface area contributed by atoms with Crippen LogP contribution in [0.4, 0.5) is 5.69 Å². The Morgan fingerprint density at radius 1 is 1.12 bits per heavy atom. The van der Waals surface area contributed by atoms with Crippen molar-refractivity contribution in [3.05, 3.63) is 53.1 Å². The summed E-state index contributed by atoms with van der Waals surface area (Å²) in [6.45, 7) is 4.80. The Balaban J connectivity index is 1.11. The molecule has 5 nitrogen and oxygen atoms in total. The van der Waals surface area contributed by atoms with Gasteiger partial charge in [-0.3, -0.25) is 9.69 Å². The molecule has 2 aromatic rings. The van der Waals surface area contributed by atoms with Crippen LogP contribution in [0.15, 0.2) is 42.5 Å². The van der Waals surface area contributed by atoms with Crippen LogP contribution in [0.1, 0.15) is 38.2 Å². The van der Waals surface area contributed by atoms with Gasteiger partial charge in [0, 0.05) is 22.6 Å². The molecule has 1 saturated carbocycles. The number of Topliss-reactive ketones (excluding diaryl/α,β-unsaturated/α-hetero) is 1. The number of nitrogens with zero attached hydrogens (tertiary/aromatic N) is 1. The molecule has 2 heterocycles. The predicted molar refractivity (Wildman–Crippen MR) is 127 cm³/mol. The van der Waals surface area contributed by atoms with Crippen LogP contribution in [-0.4, -0.2) is 50.1 Å². The summed E-state index contributed by atoms with van der Waals surface area (Å²) in [7, 11) is 2.09. The summed E-state index contributed by atoms with van der Waals surface area (Å²) in [4.78, 5) is 26.9. The summed E-state index contributed by atoms with van der Waals surface area (Å²) in [5.41, 5.74) is 2.55. The van der Waals surface area contributed by atoms with Gasteiger partial charge in [-0.25, -0.2) is 0 Å². The highest BCUT2D eigenvalue weighted by molar-refractivity contribution is 6.62. The molecule has 1 amide bonds. The molecule has 2 aliphatic heterocycles. The zero-order valence-corrected chi connectivity index (χ0v) is 19.1. The lowest BCUT2D eigenvalue weighted by Gasteiger charge is -2.38. The molecule has 0 bridgehead atoms. The van der Waals surface area contributed by atoms with E-state index in [1.807, 2.05) is 42.5 Å². The molecule has 0 atom stereocenters. The second-order valence-electron chi connectivity index (χ2n) is 9.34. The second-order valence-corrected chi connectivity index (χ2v) is 9.78. The Morgan fingerprint density at radius 3 is 2.50 bits per heavy atom. The maximum atomic E-state index is 12.8. The molecule has 3 aliphatic rings. The number of piperidine rings is 1. The van der Waals surface area contributed by atoms with E-state index in [-0.39, 0.29) is 17.0 Å². The SMILES string of the molecule is CC(=O)C1([B]c2ccc(OCCN3CCC4(CC3)C(=O)Nc3ccc(Cl)cc34)cc2)CC1. The summed E-state index contributed by atoms with van der Waals surface area (Å²) < 4.78 is 5.95. The van der Waals surface area contributed by atoms with Gasteiger partial charge >= 0.3 is 0 Å². The molecule has 1 aliphatic carbocycles. The highest BCUT2D eigenvalue weighted by Crippen LogP contribution is 2.53. The van der Waals surface area contributed by atoms with E-state index in [1.165, 1.54) is 0 Å². The minimum Gasteiger partial charge on any atom is -0.492 e. The van der Waals surface area contributed by atoms with Gasteiger partial charge in [0.25, 0.3) is 0 Å². The first-order valence-electron chi connectivity index (χ1n) is 11.3. The zero-order valence-electron chi connectivity index (χ0n) is 18.3. The van der Waals surface area contributed by atoms with E-state index in [2.05, 4.69) is 17.5 Å². The smallest absolute Gasteiger partial charge is 0.235 e. The number of rotatable bonds is 7. The Morgan fingerprint density at radius 2 is 1.84 bits per heavy atom. The number of hydrogen-bond acceptors (Lipinski definition) is 4. The van der Waals surface area contributed by atoms with Gasteiger partial charge in [-0.05, 0) is 81.6 Å². The fourth-order valence-corrected chi connectivity index (χ4v) is 5.22. The number of halogens is 1. The molecule has 0 aromatic heterocycles. The van der Waals surface area contributed by atoms with Crippen molar-refractivity contribution in [1.82, 2.24) is 4.90 Å². The van der Waals surface area contributed by atoms with E-state index in [4.69, 9.17) is 16.3 Å². The van der Waals surface area contributed by atoms with Crippen LogP contribution >= 0.6 is 11.6 Å². The van der Waals surface area contributed by atoms with E-state index in [0.717, 1.165) is 67.8 Å². The lowest BCUT2D eigenvalue weighted by atomic mass is 9.55. The molecule has 7 heteroatoms. The monoisotopic (exact) mass is 449 g/mol. The van der Waals surface area contributed by atoms with Crippen molar-refractivity contribution in [3.63, 3.8) is 0 Å². The van der Waals surface area contributed by atoms with Gasteiger partial charge in [-0.1, -0.05) is 29.2 Å². The van der Waals surface area contributed by atoms with Crippen molar-refractivity contribution in [2.45, 2.75) is 43.3 Å². The molecule has 1 spiro atoms. The molecule has 1 N–H and O–H groups in total. The van der Waals surface area contributed by atoms with Gasteiger partial charge in [-0.15, -0.1) is 0 Å². The fraction of sp³-hybridized carbons (Fsp3) is 0.440. The number of amides is 1. The first-order valence-corrected chi connectivity index (χ1v) is 11.7. The van der Waals surface area contributed by atoms with E-state index in [1.54, 1.807) is 6.92 Å². The number of ketones is 1. The second kappa shape index (κ2) is 8.24. The molecule has 1 radical (unpaired) electrons. The van der Waals surface area contributed by atoms with Crippen LogP contribution in [-0.2, 0) is 15.0 Å². The van der Waals surface area contributed by atoms with Gasteiger partial charge in [0.15, 0.2) is 7.28 Å². The normalized spacial score (nSPS) is 20.5. The van der Waals surface area contributed by atoms with Gasteiger partial charge in [0.05, 0.1) is 5.41 Å². The predicted octanol–water partition coefficient (Wildman–Crippen LogP) is 3.58. The number of hydrogen-bond donors (Lipinski definition) is 1. The number of carbonyl (C=O) groups excluding carboxylic acids is 2. The first kappa shape index (κ1) is 21.5. The fourth-order valence-electron chi connectivity index (χ4n) is 5.05. The number of anilines is 1. The van der Waals surface area contributed by atoms with Crippen molar-refractivity contribution in [2.24, 2.45) is 0 Å². The molecular weight excluding hydrogens is 423 g/mol. The third kappa shape index (κ3) is 3.95. The molecule has 2 aromatic carbocycles. The standard InChI is InChI=1S/C25H27BClN2O3/c1-17(30)25(8-9-25)26-18-2-5-20(6-3-18)32-15-14-29-12-10-24(11-13-29)21-16-19(27)4-7-22(21)28-23(24)31/h2-7,16H,8-15H2,1H3,(H,28,31). The van der Waals surface area contributed by atoms with Crippen molar-refractivity contribution in [2.75, 3.05) is 31.6 Å². The van der Waals surface area contributed by atoms with Crippen LogP contribution in [0.5, 0.6) is 5.75 Å². The largest absolute Gasteiger partial charge is 0.492 e. The molecule has 2 fully saturated rings. The van der Waals surface area contributed by atoms with Crippen LogP contribution in [0, 0.1) is 0 Å². The van der Waals surface area contributed by atoms with E-state index >= 15 is 0 Å². The number of carbonyl (C=O) groups is 2. The van der Waals surface area contributed by atoms with Crippen LogP contribution in [0.25, 0.3) is 0 Å². The summed E-state index contributed by atoms with van der Waals surface area (Å²) in [5.74, 6) is 1.19. The van der Waals surface area contributed by atoms with Crippen LogP contribution in [0.2, 0.25) is 10.3 Å². The van der Waals surface area contributed by atoms with Gasteiger partial charge < -0.3 is 14.8 Å². The van der Waals surface area contributed by atoms with E-state index in [9.17, 15) is 9.59 Å². The highest BCUT2D eigenvalue weighted by atomic mass is 35.5. The molecule has 32 heavy (non-hydrogen) atoms. The lowest BCUT2D eigenvalue weighted by molar-refractivity contribution is -0.122. The number of ether oxygens (including phenoxy) is 1. The molecule has 5 rings (SSSR count). The summed E-state index contributed by atoms with van der Waals surface area (Å²) in [5, 5.41) is 3.48. The topological polar surface area (TPSA) is 58.6 Å². The zero-order chi connectivity index (χ0) is 22.3. The average Bonchev–Trinajstić information content (AvgIpc) is 3.52. The lowest BCUT2D eigenvalue weighted by Crippen LogP contribution is -2.47. The molecule has 165 valence electrons. The molecular formula is C25H27BClN2O3. The van der Waals surface area contributed by atoms with Gasteiger partial charge in [-0.2, -0.15) is 0 Å². The summed E-state index contributed by atoms with van der Waals surface area (Å²) in [6.07, 6.45) is 3.49. The third-order valence-corrected chi connectivity index (χ3v) is 7.61. The number of fused-ring (bicyclic) bond motifs is 2. The minimum absolute atomic E-state index is 0.0975. The molecule has 1 saturated heterocycles. The summed E-state index contributed by atoms with van der Waals surface area (Å²) in [6, 6.07) is 13.6. The van der Waals surface area contributed by atoms with E-state index < -0.39 is 5.41 Å². The quantitative estimate of drug-likeness (QED) is 0.657. The third-order valence-electron chi connectivity index (χ3n) is 7.38. The molecule has 0 unspecified atom stereocenters. The average molecular weight is 450 g/mol. The van der Waals surface area contributed by atoms with Crippen molar-refractivity contribution < 1.29 is 14.3 Å². The highest BCUT2D eigenvalue weighted by Gasteiger charge is 2.48. The number of benzene rings is 2. The van der Waals surface area contributed by atoms with Crippen molar-refractivity contribution >= 4 is 41.7 Å².